The summed E-state index contributed by atoms with van der Waals surface area (Å²) in [4.78, 5) is 21.4. The van der Waals surface area contributed by atoms with Gasteiger partial charge in [0.05, 0.1) is 19.3 Å². The number of carbonyl (C=O) groups excluding carboxylic acids is 1. The molecule has 0 unspecified atom stereocenters. The van der Waals surface area contributed by atoms with Crippen molar-refractivity contribution in [2.45, 2.75) is 45.9 Å². The molecule has 270 valence electrons. The van der Waals surface area contributed by atoms with Gasteiger partial charge in [-0.1, -0.05) is 74.5 Å². The van der Waals surface area contributed by atoms with Crippen LogP contribution in [0.1, 0.15) is 48.9 Å². The summed E-state index contributed by atoms with van der Waals surface area (Å²) in [6.45, 7) is 10.9. The molecular weight excluding hydrogens is 663 g/mol. The van der Waals surface area contributed by atoms with Crippen LogP contribution in [0.25, 0.3) is 11.4 Å². The number of halogens is 1. The molecule has 1 aliphatic rings. The number of nitrogens with zero attached hydrogens (tertiary/aromatic N) is 5. The second-order valence-corrected chi connectivity index (χ2v) is 13.8. The van der Waals surface area contributed by atoms with Crippen molar-refractivity contribution >= 4 is 12.1 Å². The second-order valence-electron chi connectivity index (χ2n) is 13.8. The minimum Gasteiger partial charge on any atom is -0.507 e. The smallest absolute Gasteiger partial charge is 0.254 e. The SMILES string of the molecule is CC(C)(C)c1ccc(COc2ccc(C=NNC(=O)CN3CCN(Cc4nc(-c5ccc(COc6ccc(F)cc6)cc5)no4)CC3)c(O)c2)cc1. The number of amides is 1. The first-order valence-corrected chi connectivity index (χ1v) is 17.2. The molecule has 1 saturated heterocycles. The van der Waals surface area contributed by atoms with Crippen molar-refractivity contribution in [2.75, 3.05) is 32.7 Å². The van der Waals surface area contributed by atoms with Gasteiger partial charge in [0.1, 0.15) is 36.3 Å². The zero-order valence-corrected chi connectivity index (χ0v) is 29.6. The van der Waals surface area contributed by atoms with Gasteiger partial charge in [0.25, 0.3) is 5.91 Å². The number of phenols is 1. The number of hydrogen-bond donors (Lipinski definition) is 2. The summed E-state index contributed by atoms with van der Waals surface area (Å²) >= 11 is 0. The number of phenolic OH excluding ortho intramolecular Hbond substituents is 1. The van der Waals surface area contributed by atoms with Crippen molar-refractivity contribution in [3.05, 3.63) is 125 Å². The second kappa shape index (κ2) is 16.6. The molecule has 0 saturated carbocycles. The number of benzene rings is 4. The average Bonchev–Trinajstić information content (AvgIpc) is 3.60. The maximum Gasteiger partial charge on any atom is 0.254 e. The molecular formula is C40H43FN6O5. The van der Waals surface area contributed by atoms with Gasteiger partial charge >= 0.3 is 0 Å². The average molecular weight is 707 g/mol. The first kappa shape index (κ1) is 36.2. The number of ether oxygens (including phenoxy) is 2. The maximum absolute atomic E-state index is 13.1. The Morgan fingerprint density at radius 1 is 0.885 bits per heavy atom. The van der Waals surface area contributed by atoms with Crippen LogP contribution in [-0.2, 0) is 30.0 Å². The molecule has 6 rings (SSSR count). The zero-order chi connectivity index (χ0) is 36.5. The van der Waals surface area contributed by atoms with Crippen LogP contribution in [0.2, 0.25) is 0 Å². The molecule has 2 heterocycles. The van der Waals surface area contributed by atoms with Crippen molar-refractivity contribution < 1.29 is 28.3 Å². The van der Waals surface area contributed by atoms with E-state index in [0.29, 0.717) is 61.6 Å². The van der Waals surface area contributed by atoms with E-state index in [1.54, 1.807) is 24.3 Å². The van der Waals surface area contributed by atoms with E-state index >= 15 is 0 Å². The van der Waals surface area contributed by atoms with E-state index in [4.69, 9.17) is 14.0 Å². The molecule has 0 bridgehead atoms. The molecule has 12 heteroatoms. The summed E-state index contributed by atoms with van der Waals surface area (Å²) < 4.78 is 30.2. The van der Waals surface area contributed by atoms with Gasteiger partial charge in [-0.25, -0.2) is 9.82 Å². The Labute approximate surface area is 302 Å². The Hall–Kier alpha value is -5.59. The Morgan fingerprint density at radius 3 is 2.15 bits per heavy atom. The number of carbonyl (C=O) groups is 1. The number of piperazine rings is 1. The molecule has 1 aliphatic heterocycles. The van der Waals surface area contributed by atoms with Crippen molar-refractivity contribution in [3.63, 3.8) is 0 Å². The normalized spacial score (nSPS) is 14.1. The summed E-state index contributed by atoms with van der Waals surface area (Å²) in [5.74, 6) is 1.63. The Morgan fingerprint density at radius 2 is 1.50 bits per heavy atom. The van der Waals surface area contributed by atoms with Crippen molar-refractivity contribution in [1.29, 1.82) is 0 Å². The molecule has 0 atom stereocenters. The van der Waals surface area contributed by atoms with Crippen LogP contribution in [0.5, 0.6) is 17.2 Å². The summed E-state index contributed by atoms with van der Waals surface area (Å²) in [5, 5.41) is 18.7. The number of hydrazone groups is 1. The first-order valence-electron chi connectivity index (χ1n) is 17.2. The quantitative estimate of drug-likeness (QED) is 0.107. The van der Waals surface area contributed by atoms with Gasteiger partial charge in [-0.15, -0.1) is 0 Å². The first-order chi connectivity index (χ1) is 25.1. The molecule has 1 aromatic heterocycles. The van der Waals surface area contributed by atoms with E-state index in [-0.39, 0.29) is 29.4 Å². The molecule has 5 aromatic rings. The lowest BCUT2D eigenvalue weighted by molar-refractivity contribution is -0.122. The van der Waals surface area contributed by atoms with Crippen LogP contribution < -0.4 is 14.9 Å². The molecule has 1 fully saturated rings. The van der Waals surface area contributed by atoms with Crippen LogP contribution in [0.4, 0.5) is 4.39 Å². The predicted octanol–water partition coefficient (Wildman–Crippen LogP) is 6.30. The lowest BCUT2D eigenvalue weighted by Crippen LogP contribution is -2.48. The largest absolute Gasteiger partial charge is 0.507 e. The fourth-order valence-corrected chi connectivity index (χ4v) is 5.58. The van der Waals surface area contributed by atoms with E-state index in [0.717, 1.165) is 29.8 Å². The minimum absolute atomic E-state index is 0.00562. The summed E-state index contributed by atoms with van der Waals surface area (Å²) in [7, 11) is 0. The van der Waals surface area contributed by atoms with Crippen LogP contribution >= 0.6 is 0 Å². The topological polar surface area (TPSA) is 126 Å². The third kappa shape index (κ3) is 10.2. The van der Waals surface area contributed by atoms with E-state index in [1.807, 2.05) is 24.3 Å². The predicted molar refractivity (Wildman–Crippen MR) is 196 cm³/mol. The molecule has 0 radical (unpaired) electrons. The molecule has 4 aromatic carbocycles. The van der Waals surface area contributed by atoms with Gasteiger partial charge in [-0.3, -0.25) is 14.6 Å². The number of aromatic hydroxyl groups is 1. The third-order valence-electron chi connectivity index (χ3n) is 8.71. The van der Waals surface area contributed by atoms with Crippen LogP contribution in [0.15, 0.2) is 101 Å². The molecule has 0 spiro atoms. The number of hydrogen-bond acceptors (Lipinski definition) is 10. The van der Waals surface area contributed by atoms with Gasteiger partial charge in [0, 0.05) is 43.4 Å². The van der Waals surface area contributed by atoms with Gasteiger partial charge in [0.2, 0.25) is 11.7 Å². The molecule has 1 amide bonds. The monoisotopic (exact) mass is 706 g/mol. The molecule has 11 nitrogen and oxygen atoms in total. The van der Waals surface area contributed by atoms with Crippen LogP contribution in [0.3, 0.4) is 0 Å². The van der Waals surface area contributed by atoms with Gasteiger partial charge in [-0.05, 0) is 58.5 Å². The number of nitrogens with one attached hydrogen (secondary N) is 1. The molecule has 2 N–H and O–H groups in total. The lowest BCUT2D eigenvalue weighted by atomic mass is 9.87. The van der Waals surface area contributed by atoms with Gasteiger partial charge in [-0.2, -0.15) is 10.1 Å². The highest BCUT2D eigenvalue weighted by Crippen LogP contribution is 2.25. The Bertz CT molecular complexity index is 1950. The highest BCUT2D eigenvalue weighted by atomic mass is 19.1. The van der Waals surface area contributed by atoms with Crippen molar-refractivity contribution in [1.82, 2.24) is 25.4 Å². The highest BCUT2D eigenvalue weighted by molar-refractivity contribution is 5.85. The number of aromatic nitrogens is 2. The zero-order valence-electron chi connectivity index (χ0n) is 29.6. The standard InChI is InChI=1S/C40H43FN6O5/c1-40(2,3)32-11-6-29(7-12-32)27-51-35-15-10-31(36(48)22-35)23-42-44-37(49)24-46-18-20-47(21-19-46)25-38-43-39(45-52-38)30-8-4-28(5-9-30)26-50-34-16-13-33(41)14-17-34/h4-17,22-23,48H,18-21,24-27H2,1-3H3,(H,44,49). The Kier molecular flexibility index (Phi) is 11.6. The van der Waals surface area contributed by atoms with E-state index in [9.17, 15) is 14.3 Å². The van der Waals surface area contributed by atoms with Crippen LogP contribution in [0, 0.1) is 5.82 Å². The van der Waals surface area contributed by atoms with E-state index in [1.165, 1.54) is 30.0 Å². The van der Waals surface area contributed by atoms with Gasteiger partial charge < -0.3 is 19.1 Å². The Balaban J connectivity index is 0.888. The van der Waals surface area contributed by atoms with E-state index < -0.39 is 0 Å². The maximum atomic E-state index is 13.1. The molecule has 52 heavy (non-hydrogen) atoms. The fourth-order valence-electron chi connectivity index (χ4n) is 5.58. The lowest BCUT2D eigenvalue weighted by Gasteiger charge is -2.33. The van der Waals surface area contributed by atoms with Crippen molar-refractivity contribution in [2.24, 2.45) is 5.10 Å². The molecule has 0 aliphatic carbocycles. The van der Waals surface area contributed by atoms with Crippen LogP contribution in [-0.4, -0.2) is 69.9 Å². The summed E-state index contributed by atoms with van der Waals surface area (Å²) in [6, 6.07) is 26.9. The highest BCUT2D eigenvalue weighted by Gasteiger charge is 2.21. The summed E-state index contributed by atoms with van der Waals surface area (Å²) in [5.41, 5.74) is 7.18. The minimum atomic E-state index is -0.302. The third-order valence-corrected chi connectivity index (χ3v) is 8.71. The number of rotatable bonds is 13. The van der Waals surface area contributed by atoms with Gasteiger partial charge in [0.15, 0.2) is 0 Å². The van der Waals surface area contributed by atoms with Crippen molar-refractivity contribution in [3.8, 4) is 28.6 Å². The van der Waals surface area contributed by atoms with E-state index in [2.05, 4.69) is 75.5 Å². The fraction of sp³-hybridized carbons (Fsp3) is 0.300. The summed E-state index contributed by atoms with van der Waals surface area (Å²) in [6.07, 6.45) is 1.41.